The predicted molar refractivity (Wildman–Crippen MR) is 179 cm³/mol. The van der Waals surface area contributed by atoms with E-state index in [0.29, 0.717) is 12.8 Å². The summed E-state index contributed by atoms with van der Waals surface area (Å²) in [7, 11) is 0. The minimum absolute atomic E-state index is 0.0350. The van der Waals surface area contributed by atoms with E-state index in [1.54, 1.807) is 0 Å². The fraction of sp³-hybridized carbons (Fsp3) is 0.824. The van der Waals surface area contributed by atoms with Crippen LogP contribution in [0.3, 0.4) is 0 Å². The maximum atomic E-state index is 14.3. The highest BCUT2D eigenvalue weighted by Gasteiger charge is 2.48. The SMILES string of the molecule is CC(C)C1CCN(C(=O)[C@@H](NC(=O)N[C@H](COC(=O)NC(C)(C)C)C(C)(C)C)C(C)(C)C)[C@@H]1C(=O)NC(CC1CCC1)C(=O)C(N)=O. The molecule has 13 heteroatoms. The molecular weight excluding hydrogens is 604 g/mol. The van der Waals surface area contributed by atoms with Gasteiger partial charge in [-0.15, -0.1) is 0 Å². The van der Waals surface area contributed by atoms with Crippen LogP contribution < -0.4 is 27.0 Å². The number of primary amides is 1. The molecule has 0 spiro atoms. The van der Waals surface area contributed by atoms with Crippen LogP contribution in [0, 0.1) is 28.6 Å². The van der Waals surface area contributed by atoms with Crippen molar-refractivity contribution in [1.82, 2.24) is 26.2 Å². The lowest BCUT2D eigenvalue weighted by molar-refractivity contribution is -0.144. The number of urea groups is 1. The van der Waals surface area contributed by atoms with E-state index >= 15 is 0 Å². The highest BCUT2D eigenvalue weighted by Crippen LogP contribution is 2.34. The Kier molecular flexibility index (Phi) is 13.3. The zero-order valence-corrected chi connectivity index (χ0v) is 30.4. The molecule has 47 heavy (non-hydrogen) atoms. The third kappa shape index (κ3) is 11.7. The van der Waals surface area contributed by atoms with Crippen LogP contribution in [-0.4, -0.2) is 83.4 Å². The maximum Gasteiger partial charge on any atom is 0.407 e. The van der Waals surface area contributed by atoms with Crippen LogP contribution in [0.2, 0.25) is 0 Å². The Balaban J connectivity index is 2.28. The minimum atomic E-state index is -1.11. The highest BCUT2D eigenvalue weighted by molar-refractivity contribution is 6.37. The second-order valence-electron chi connectivity index (χ2n) is 16.8. The highest BCUT2D eigenvalue weighted by atomic mass is 16.5. The number of rotatable bonds is 12. The Morgan fingerprint density at radius 1 is 0.851 bits per heavy atom. The predicted octanol–water partition coefficient (Wildman–Crippen LogP) is 3.24. The first-order valence-electron chi connectivity index (χ1n) is 16.9. The molecule has 0 aromatic heterocycles. The van der Waals surface area contributed by atoms with Crippen LogP contribution in [0.4, 0.5) is 9.59 Å². The number of hydrogen-bond donors (Lipinski definition) is 5. The summed E-state index contributed by atoms with van der Waals surface area (Å²) in [4.78, 5) is 80.0. The molecule has 5 atom stereocenters. The van der Waals surface area contributed by atoms with Gasteiger partial charge in [0.25, 0.3) is 5.91 Å². The monoisotopic (exact) mass is 664 g/mol. The summed E-state index contributed by atoms with van der Waals surface area (Å²) in [5, 5.41) is 11.2. The molecule has 13 nitrogen and oxygen atoms in total. The van der Waals surface area contributed by atoms with E-state index in [-0.39, 0.29) is 30.9 Å². The summed E-state index contributed by atoms with van der Waals surface area (Å²) in [5.41, 5.74) is 3.59. The van der Waals surface area contributed by atoms with Crippen molar-refractivity contribution in [2.75, 3.05) is 13.2 Å². The number of nitrogens with two attached hydrogens (primary N) is 1. The first-order chi connectivity index (χ1) is 21.4. The molecule has 2 unspecified atom stereocenters. The number of Topliss-reactive ketones (excluding diaryl/α,β-unsaturated/α-hetero) is 1. The molecule has 0 aromatic carbocycles. The lowest BCUT2D eigenvalue weighted by Gasteiger charge is -2.38. The lowest BCUT2D eigenvalue weighted by atomic mass is 9.80. The van der Waals surface area contributed by atoms with Gasteiger partial charge < -0.3 is 36.6 Å². The van der Waals surface area contributed by atoms with Crippen molar-refractivity contribution in [3.8, 4) is 0 Å². The molecule has 1 aliphatic carbocycles. The summed E-state index contributed by atoms with van der Waals surface area (Å²) in [6, 6.07) is -4.19. The third-order valence-corrected chi connectivity index (χ3v) is 9.12. The van der Waals surface area contributed by atoms with Gasteiger partial charge in [0.2, 0.25) is 17.6 Å². The van der Waals surface area contributed by atoms with Gasteiger partial charge in [-0.2, -0.15) is 0 Å². The van der Waals surface area contributed by atoms with Gasteiger partial charge in [-0.25, -0.2) is 9.59 Å². The van der Waals surface area contributed by atoms with Crippen molar-refractivity contribution in [1.29, 1.82) is 0 Å². The average Bonchev–Trinajstić information content (AvgIpc) is 3.33. The number of carbonyl (C=O) groups excluding carboxylic acids is 6. The molecule has 1 heterocycles. The first kappa shape index (κ1) is 39.8. The standard InChI is InChI=1S/C34H60N6O7/c1-19(2)21-15-16-40(24(21)28(43)36-22(25(41)27(35)42)17-20-13-12-14-20)29(44)26(33(6,7)8)38-30(45)37-23(32(3,4)5)18-47-31(46)39-34(9,10)11/h19-24,26H,12-18H2,1-11H3,(H2,35,42)(H,36,43)(H,39,46)(H2,37,38,45)/t21?,22?,23-,24+,26-/m1/s1. The molecule has 2 rings (SSSR count). The second-order valence-corrected chi connectivity index (χ2v) is 16.8. The summed E-state index contributed by atoms with van der Waals surface area (Å²) in [6.45, 7) is 20.8. The van der Waals surface area contributed by atoms with Gasteiger partial charge in [0.05, 0.1) is 12.1 Å². The van der Waals surface area contributed by atoms with E-state index in [1.807, 2.05) is 76.2 Å². The zero-order chi connectivity index (χ0) is 36.1. The molecule has 2 fully saturated rings. The van der Waals surface area contributed by atoms with E-state index in [4.69, 9.17) is 10.5 Å². The van der Waals surface area contributed by atoms with E-state index in [9.17, 15) is 28.8 Å². The van der Waals surface area contributed by atoms with Crippen molar-refractivity contribution in [2.24, 2.45) is 34.3 Å². The molecule has 1 saturated heterocycles. The van der Waals surface area contributed by atoms with Gasteiger partial charge >= 0.3 is 12.1 Å². The summed E-state index contributed by atoms with van der Waals surface area (Å²) >= 11 is 0. The van der Waals surface area contributed by atoms with E-state index in [2.05, 4.69) is 21.3 Å². The van der Waals surface area contributed by atoms with Crippen LogP contribution in [0.5, 0.6) is 0 Å². The number of ether oxygens (including phenoxy) is 1. The van der Waals surface area contributed by atoms with Crippen LogP contribution in [0.1, 0.15) is 108 Å². The van der Waals surface area contributed by atoms with Crippen molar-refractivity contribution in [2.45, 2.75) is 138 Å². The van der Waals surface area contributed by atoms with E-state index < -0.39 is 76.2 Å². The molecular formula is C34H60N6O7. The van der Waals surface area contributed by atoms with Crippen molar-refractivity contribution < 1.29 is 33.5 Å². The van der Waals surface area contributed by atoms with Crippen LogP contribution in [0.15, 0.2) is 0 Å². The molecule has 268 valence electrons. The summed E-state index contributed by atoms with van der Waals surface area (Å²) in [6.07, 6.45) is 3.12. The Morgan fingerprint density at radius 2 is 1.45 bits per heavy atom. The summed E-state index contributed by atoms with van der Waals surface area (Å²) < 4.78 is 5.42. The molecule has 2 aliphatic rings. The van der Waals surface area contributed by atoms with Gasteiger partial charge in [-0.05, 0) is 62.2 Å². The Bertz CT molecular complexity index is 1160. The number of likely N-dealkylation sites (tertiary alicyclic amines) is 1. The van der Waals surface area contributed by atoms with Crippen LogP contribution >= 0.6 is 0 Å². The fourth-order valence-electron chi connectivity index (χ4n) is 5.97. The van der Waals surface area contributed by atoms with Crippen molar-refractivity contribution in [3.05, 3.63) is 0 Å². The molecule has 0 aromatic rings. The Labute approximate surface area is 280 Å². The number of carbonyl (C=O) groups is 6. The molecule has 6 N–H and O–H groups in total. The normalized spacial score (nSPS) is 20.8. The van der Waals surface area contributed by atoms with Gasteiger partial charge in [0, 0.05) is 12.1 Å². The summed E-state index contributed by atoms with van der Waals surface area (Å²) in [5.74, 6) is -2.84. The topological polar surface area (TPSA) is 189 Å². The largest absolute Gasteiger partial charge is 0.447 e. The molecule has 0 radical (unpaired) electrons. The Hall–Kier alpha value is -3.38. The molecule has 1 aliphatic heterocycles. The van der Waals surface area contributed by atoms with Crippen molar-refractivity contribution >= 4 is 35.6 Å². The zero-order valence-electron chi connectivity index (χ0n) is 30.4. The third-order valence-electron chi connectivity index (χ3n) is 9.12. The lowest BCUT2D eigenvalue weighted by Crippen LogP contribution is -2.62. The Morgan fingerprint density at radius 3 is 1.89 bits per heavy atom. The van der Waals surface area contributed by atoms with Crippen molar-refractivity contribution in [3.63, 3.8) is 0 Å². The number of hydrogen-bond acceptors (Lipinski definition) is 7. The van der Waals surface area contributed by atoms with E-state index in [0.717, 1.165) is 19.3 Å². The molecule has 0 bridgehead atoms. The smallest absolute Gasteiger partial charge is 0.407 e. The average molecular weight is 665 g/mol. The minimum Gasteiger partial charge on any atom is -0.447 e. The van der Waals surface area contributed by atoms with Crippen LogP contribution in [-0.2, 0) is 23.9 Å². The first-order valence-corrected chi connectivity index (χ1v) is 16.9. The van der Waals surface area contributed by atoms with Gasteiger partial charge in [0.15, 0.2) is 0 Å². The number of alkyl carbamates (subject to hydrolysis) is 1. The maximum absolute atomic E-state index is 14.3. The fourth-order valence-corrected chi connectivity index (χ4v) is 5.97. The second kappa shape index (κ2) is 15.7. The quantitative estimate of drug-likeness (QED) is 0.198. The van der Waals surface area contributed by atoms with E-state index in [1.165, 1.54) is 4.90 Å². The molecule has 1 saturated carbocycles. The number of nitrogens with zero attached hydrogens (tertiary/aromatic N) is 1. The number of nitrogens with one attached hydrogen (secondary N) is 4. The van der Waals surface area contributed by atoms with Gasteiger partial charge in [-0.3, -0.25) is 19.2 Å². The van der Waals surface area contributed by atoms with Crippen LogP contribution in [0.25, 0.3) is 0 Å². The number of ketones is 1. The molecule has 6 amide bonds. The van der Waals surface area contributed by atoms with Gasteiger partial charge in [0.1, 0.15) is 18.7 Å². The van der Waals surface area contributed by atoms with Gasteiger partial charge in [-0.1, -0.05) is 74.7 Å². The number of amides is 6.